The summed E-state index contributed by atoms with van der Waals surface area (Å²) in [5, 5.41) is 9.02. The molecule has 0 spiro atoms. The van der Waals surface area contributed by atoms with Crippen LogP contribution in [-0.2, 0) is 14.3 Å². The molecule has 2 unspecified atom stereocenters. The third-order valence-electron chi connectivity index (χ3n) is 5.58. The number of aliphatic carboxylic acids is 1. The Labute approximate surface area is 186 Å². The van der Waals surface area contributed by atoms with Crippen molar-refractivity contribution in [2.45, 2.75) is 116 Å². The number of carboxylic acid groups (broad SMARTS) is 1. The first kappa shape index (κ1) is 28.9. The number of quaternary nitrogens is 1. The molecule has 0 aromatic rings. The van der Waals surface area contributed by atoms with E-state index in [4.69, 9.17) is 9.84 Å². The van der Waals surface area contributed by atoms with E-state index in [2.05, 4.69) is 13.8 Å². The van der Waals surface area contributed by atoms with E-state index in [-0.39, 0.29) is 12.4 Å². The van der Waals surface area contributed by atoms with Crippen molar-refractivity contribution in [1.29, 1.82) is 0 Å². The predicted molar refractivity (Wildman–Crippen MR) is 125 cm³/mol. The number of ether oxygens (including phenoxy) is 1. The SMILES string of the molecule is CCCCC(C)CCCCCCCCCCCC(=O)OC(CC(=O)O)C[N+](C)(C)C. The highest BCUT2D eigenvalue weighted by Gasteiger charge is 2.24. The highest BCUT2D eigenvalue weighted by molar-refractivity contribution is 5.71. The van der Waals surface area contributed by atoms with Gasteiger partial charge >= 0.3 is 11.9 Å². The van der Waals surface area contributed by atoms with E-state index in [0.29, 0.717) is 17.4 Å². The van der Waals surface area contributed by atoms with Crippen LogP contribution in [0.5, 0.6) is 0 Å². The molecule has 0 amide bonds. The molecule has 0 bridgehead atoms. The van der Waals surface area contributed by atoms with E-state index in [1.165, 1.54) is 70.6 Å². The number of likely N-dealkylation sites (N-methyl/N-ethyl adjacent to an activating group) is 1. The summed E-state index contributed by atoms with van der Waals surface area (Å²) in [6, 6.07) is 0. The minimum atomic E-state index is -0.924. The Morgan fingerprint density at radius 3 is 1.83 bits per heavy atom. The largest absolute Gasteiger partial charge is 0.481 e. The molecule has 0 saturated heterocycles. The van der Waals surface area contributed by atoms with E-state index in [0.717, 1.165) is 18.8 Å². The minimum Gasteiger partial charge on any atom is -0.481 e. The number of rotatable bonds is 20. The van der Waals surface area contributed by atoms with E-state index in [1.807, 2.05) is 21.1 Å². The maximum Gasteiger partial charge on any atom is 0.307 e. The van der Waals surface area contributed by atoms with Crippen LogP contribution in [0.25, 0.3) is 0 Å². The maximum atomic E-state index is 12.0. The molecule has 0 fully saturated rings. The van der Waals surface area contributed by atoms with Crippen LogP contribution in [0.3, 0.4) is 0 Å². The van der Waals surface area contributed by atoms with Gasteiger partial charge in [-0.1, -0.05) is 90.9 Å². The van der Waals surface area contributed by atoms with E-state index < -0.39 is 12.1 Å². The summed E-state index contributed by atoms with van der Waals surface area (Å²) in [6.45, 7) is 5.17. The average Bonchev–Trinajstić information content (AvgIpc) is 2.62. The summed E-state index contributed by atoms with van der Waals surface area (Å²) in [7, 11) is 5.91. The van der Waals surface area contributed by atoms with Gasteiger partial charge in [0.2, 0.25) is 0 Å². The molecule has 0 radical (unpaired) electrons. The van der Waals surface area contributed by atoms with Crippen molar-refractivity contribution in [2.75, 3.05) is 27.7 Å². The Hall–Kier alpha value is -1.10. The molecule has 2 atom stereocenters. The van der Waals surface area contributed by atoms with Gasteiger partial charge in [0.25, 0.3) is 0 Å². The van der Waals surface area contributed by atoms with Crippen molar-refractivity contribution in [3.8, 4) is 0 Å². The number of hydrogen-bond donors (Lipinski definition) is 1. The zero-order valence-electron chi connectivity index (χ0n) is 20.6. The topological polar surface area (TPSA) is 63.6 Å². The van der Waals surface area contributed by atoms with Crippen molar-refractivity contribution >= 4 is 11.9 Å². The van der Waals surface area contributed by atoms with Crippen LogP contribution >= 0.6 is 0 Å². The summed E-state index contributed by atoms with van der Waals surface area (Å²) in [4.78, 5) is 23.0. The van der Waals surface area contributed by atoms with Crippen molar-refractivity contribution in [2.24, 2.45) is 5.92 Å². The monoisotopic (exact) mass is 428 g/mol. The molecule has 0 heterocycles. The molecule has 5 nitrogen and oxygen atoms in total. The van der Waals surface area contributed by atoms with Gasteiger partial charge in [-0.3, -0.25) is 9.59 Å². The first-order valence-electron chi connectivity index (χ1n) is 12.4. The summed E-state index contributed by atoms with van der Waals surface area (Å²) in [6.07, 6.45) is 16.2. The van der Waals surface area contributed by atoms with Crippen LogP contribution < -0.4 is 0 Å². The van der Waals surface area contributed by atoms with Gasteiger partial charge in [0, 0.05) is 6.42 Å². The van der Waals surface area contributed by atoms with E-state index >= 15 is 0 Å². The number of hydrogen-bond acceptors (Lipinski definition) is 3. The number of esters is 1. The van der Waals surface area contributed by atoms with Crippen LogP contribution in [-0.4, -0.2) is 55.3 Å². The lowest BCUT2D eigenvalue weighted by Gasteiger charge is -2.28. The van der Waals surface area contributed by atoms with Gasteiger partial charge < -0.3 is 14.3 Å². The normalized spacial score (nSPS) is 13.8. The third-order valence-corrected chi connectivity index (χ3v) is 5.58. The molecule has 30 heavy (non-hydrogen) atoms. The number of carbonyl (C=O) groups excluding carboxylic acids is 1. The molecule has 0 aliphatic carbocycles. The van der Waals surface area contributed by atoms with Crippen LogP contribution in [0, 0.1) is 5.92 Å². The number of carbonyl (C=O) groups is 2. The van der Waals surface area contributed by atoms with E-state index in [9.17, 15) is 9.59 Å². The molecule has 0 rings (SSSR count). The fourth-order valence-electron chi connectivity index (χ4n) is 3.89. The second kappa shape index (κ2) is 17.6. The molecule has 0 saturated carbocycles. The summed E-state index contributed by atoms with van der Waals surface area (Å²) >= 11 is 0. The zero-order chi connectivity index (χ0) is 22.8. The Balaban J connectivity index is 3.64. The van der Waals surface area contributed by atoms with Crippen LogP contribution in [0.2, 0.25) is 0 Å². The number of unbranched alkanes of at least 4 members (excludes halogenated alkanes) is 9. The molecule has 5 heteroatoms. The highest BCUT2D eigenvalue weighted by atomic mass is 16.5. The van der Waals surface area contributed by atoms with Gasteiger partial charge in [-0.25, -0.2) is 0 Å². The van der Waals surface area contributed by atoms with Crippen molar-refractivity contribution in [3.05, 3.63) is 0 Å². The Kier molecular flexibility index (Phi) is 16.9. The number of carboxylic acids is 1. The predicted octanol–water partition coefficient (Wildman–Crippen LogP) is 6.20. The average molecular weight is 429 g/mol. The standard InChI is InChI=1S/C25H49NO4/c1-6-7-17-22(2)18-15-13-11-9-8-10-12-14-16-19-25(29)30-23(20-24(27)28)21-26(3,4)5/h22-23H,6-21H2,1-5H3/p+1. The van der Waals surface area contributed by atoms with Gasteiger partial charge in [0.05, 0.1) is 27.6 Å². The maximum absolute atomic E-state index is 12.0. The summed E-state index contributed by atoms with van der Waals surface area (Å²) in [5.41, 5.74) is 0. The minimum absolute atomic E-state index is 0.126. The molecule has 178 valence electrons. The van der Waals surface area contributed by atoms with Crippen LogP contribution in [0.4, 0.5) is 0 Å². The summed E-state index contributed by atoms with van der Waals surface area (Å²) in [5.74, 6) is -0.293. The Morgan fingerprint density at radius 1 is 0.833 bits per heavy atom. The van der Waals surface area contributed by atoms with Crippen LogP contribution in [0.1, 0.15) is 110 Å². The van der Waals surface area contributed by atoms with Crippen molar-refractivity contribution in [3.63, 3.8) is 0 Å². The fourth-order valence-corrected chi connectivity index (χ4v) is 3.89. The van der Waals surface area contributed by atoms with Crippen LogP contribution in [0.15, 0.2) is 0 Å². The zero-order valence-corrected chi connectivity index (χ0v) is 20.6. The molecular formula is C25H50NO4+. The molecule has 0 aliphatic heterocycles. The third kappa shape index (κ3) is 20.2. The van der Waals surface area contributed by atoms with Gasteiger partial charge in [-0.15, -0.1) is 0 Å². The quantitative estimate of drug-likeness (QED) is 0.142. The first-order valence-corrected chi connectivity index (χ1v) is 12.4. The highest BCUT2D eigenvalue weighted by Crippen LogP contribution is 2.17. The van der Waals surface area contributed by atoms with Crippen molar-refractivity contribution in [1.82, 2.24) is 0 Å². The number of nitrogens with zero attached hydrogens (tertiary/aromatic N) is 1. The lowest BCUT2D eigenvalue weighted by molar-refractivity contribution is -0.873. The Morgan fingerprint density at radius 2 is 1.33 bits per heavy atom. The molecule has 0 aromatic heterocycles. The molecular weight excluding hydrogens is 378 g/mol. The van der Waals surface area contributed by atoms with Gasteiger partial charge in [-0.2, -0.15) is 0 Å². The first-order chi connectivity index (χ1) is 14.1. The Bertz CT molecular complexity index is 445. The summed E-state index contributed by atoms with van der Waals surface area (Å²) < 4.78 is 6.00. The van der Waals surface area contributed by atoms with Gasteiger partial charge in [0.1, 0.15) is 6.54 Å². The lowest BCUT2D eigenvalue weighted by Crippen LogP contribution is -2.43. The smallest absolute Gasteiger partial charge is 0.307 e. The fraction of sp³-hybridized carbons (Fsp3) is 0.920. The van der Waals surface area contributed by atoms with Crippen molar-refractivity contribution < 1.29 is 23.9 Å². The second-order valence-electron chi connectivity index (χ2n) is 10.2. The van der Waals surface area contributed by atoms with Gasteiger partial charge in [0.15, 0.2) is 6.10 Å². The lowest BCUT2D eigenvalue weighted by atomic mass is 9.97. The molecule has 0 aromatic carbocycles. The second-order valence-corrected chi connectivity index (χ2v) is 10.2. The molecule has 0 aliphatic rings. The van der Waals surface area contributed by atoms with E-state index in [1.54, 1.807) is 0 Å². The van der Waals surface area contributed by atoms with Gasteiger partial charge in [-0.05, 0) is 12.3 Å². The molecule has 1 N–H and O–H groups in total.